The van der Waals surface area contributed by atoms with Gasteiger partial charge < -0.3 is 0 Å². The molecule has 2 heteroatoms. The van der Waals surface area contributed by atoms with E-state index in [4.69, 9.17) is 0 Å². The molecular weight excluding hydrogens is 263 g/mol. The van der Waals surface area contributed by atoms with Gasteiger partial charge in [0.25, 0.3) is 0 Å². The third kappa shape index (κ3) is 1.14. The molecule has 0 radical (unpaired) electrons. The van der Waals surface area contributed by atoms with E-state index in [0.717, 1.165) is 12.3 Å². The average molecular weight is 278 g/mol. The van der Waals surface area contributed by atoms with Crippen LogP contribution in [-0.4, -0.2) is 10.2 Å². The van der Waals surface area contributed by atoms with Crippen molar-refractivity contribution < 1.29 is 4.79 Å². The molecular formula is C10H15IO. The standard InChI is InChI=1S/C10H15IO/c11-6-2-5-10-4-1-3-8(10)7-9(10)12/h8H,1-7H2/t8-,10+/m0/s1. The minimum absolute atomic E-state index is 0.200. The van der Waals surface area contributed by atoms with Gasteiger partial charge in [0.05, 0.1) is 0 Å². The molecule has 12 heavy (non-hydrogen) atoms. The van der Waals surface area contributed by atoms with Crippen LogP contribution in [-0.2, 0) is 4.79 Å². The summed E-state index contributed by atoms with van der Waals surface area (Å²) in [5, 5.41) is 0. The van der Waals surface area contributed by atoms with E-state index < -0.39 is 0 Å². The van der Waals surface area contributed by atoms with Crippen molar-refractivity contribution in [2.75, 3.05) is 4.43 Å². The van der Waals surface area contributed by atoms with Crippen molar-refractivity contribution in [1.82, 2.24) is 0 Å². The summed E-state index contributed by atoms with van der Waals surface area (Å²) in [7, 11) is 0. The zero-order valence-corrected chi connectivity index (χ0v) is 9.47. The van der Waals surface area contributed by atoms with Gasteiger partial charge in [-0.15, -0.1) is 0 Å². The van der Waals surface area contributed by atoms with Crippen molar-refractivity contribution in [3.8, 4) is 0 Å². The highest BCUT2D eigenvalue weighted by molar-refractivity contribution is 14.1. The maximum Gasteiger partial charge on any atom is 0.139 e. The summed E-state index contributed by atoms with van der Waals surface area (Å²) in [6.07, 6.45) is 7.15. The molecule has 0 aromatic heterocycles. The first-order valence-corrected chi connectivity index (χ1v) is 6.41. The van der Waals surface area contributed by atoms with Crippen LogP contribution in [0.3, 0.4) is 0 Å². The number of hydrogen-bond acceptors (Lipinski definition) is 1. The fourth-order valence-electron chi connectivity index (χ4n) is 2.96. The number of hydrogen-bond donors (Lipinski definition) is 0. The van der Waals surface area contributed by atoms with Crippen LogP contribution in [0.2, 0.25) is 0 Å². The van der Waals surface area contributed by atoms with Crippen molar-refractivity contribution in [2.45, 2.75) is 38.5 Å². The first-order chi connectivity index (χ1) is 5.79. The van der Waals surface area contributed by atoms with Crippen LogP contribution < -0.4 is 0 Å². The van der Waals surface area contributed by atoms with Crippen LogP contribution in [0, 0.1) is 11.3 Å². The molecule has 68 valence electrons. The van der Waals surface area contributed by atoms with Crippen molar-refractivity contribution in [2.24, 2.45) is 11.3 Å². The second-order valence-corrected chi connectivity index (χ2v) is 5.24. The molecule has 2 atom stereocenters. The van der Waals surface area contributed by atoms with E-state index in [-0.39, 0.29) is 5.41 Å². The topological polar surface area (TPSA) is 17.1 Å². The van der Waals surface area contributed by atoms with Crippen molar-refractivity contribution in [3.63, 3.8) is 0 Å². The number of halogens is 1. The monoisotopic (exact) mass is 278 g/mol. The van der Waals surface area contributed by atoms with Crippen LogP contribution in [0.25, 0.3) is 0 Å². The van der Waals surface area contributed by atoms with E-state index in [0.29, 0.717) is 5.78 Å². The summed E-state index contributed by atoms with van der Waals surface area (Å²) in [6.45, 7) is 0. The molecule has 0 aromatic carbocycles. The lowest BCUT2D eigenvalue weighted by molar-refractivity contribution is -0.144. The molecule has 2 aliphatic rings. The summed E-state index contributed by atoms with van der Waals surface area (Å²) in [4.78, 5) is 11.5. The molecule has 0 amide bonds. The van der Waals surface area contributed by atoms with E-state index in [9.17, 15) is 4.79 Å². The van der Waals surface area contributed by atoms with Gasteiger partial charge in [0.2, 0.25) is 0 Å². The zero-order valence-electron chi connectivity index (χ0n) is 7.31. The molecule has 0 heterocycles. The van der Waals surface area contributed by atoms with Gasteiger partial charge in [0.15, 0.2) is 0 Å². The van der Waals surface area contributed by atoms with E-state index in [1.807, 2.05) is 0 Å². The Bertz CT molecular complexity index is 202. The van der Waals surface area contributed by atoms with Crippen LogP contribution >= 0.6 is 22.6 Å². The highest BCUT2D eigenvalue weighted by Gasteiger charge is 2.55. The van der Waals surface area contributed by atoms with Gasteiger partial charge >= 0.3 is 0 Å². The van der Waals surface area contributed by atoms with E-state index in [1.165, 1.54) is 36.5 Å². The summed E-state index contributed by atoms with van der Waals surface area (Å²) >= 11 is 2.41. The first-order valence-electron chi connectivity index (χ1n) is 4.89. The van der Waals surface area contributed by atoms with Crippen LogP contribution in [0.1, 0.15) is 38.5 Å². The van der Waals surface area contributed by atoms with Gasteiger partial charge in [-0.25, -0.2) is 0 Å². The Morgan fingerprint density at radius 1 is 1.58 bits per heavy atom. The molecule has 2 aliphatic carbocycles. The van der Waals surface area contributed by atoms with Gasteiger partial charge in [0, 0.05) is 11.8 Å². The third-order valence-corrected chi connectivity index (χ3v) is 4.46. The summed E-state index contributed by atoms with van der Waals surface area (Å²) in [5.74, 6) is 1.36. The SMILES string of the molecule is O=C1C[C@@H]2CCC[C@]12CCCI. The quantitative estimate of drug-likeness (QED) is 0.573. The fraction of sp³-hybridized carbons (Fsp3) is 0.900. The number of ketones is 1. The Morgan fingerprint density at radius 2 is 2.42 bits per heavy atom. The maximum absolute atomic E-state index is 11.5. The molecule has 1 nitrogen and oxygen atoms in total. The molecule has 0 aliphatic heterocycles. The fourth-order valence-corrected chi connectivity index (χ4v) is 3.34. The van der Waals surface area contributed by atoms with Crippen LogP contribution in [0.15, 0.2) is 0 Å². The molecule has 0 unspecified atom stereocenters. The lowest BCUT2D eigenvalue weighted by Crippen LogP contribution is -2.46. The van der Waals surface area contributed by atoms with Crippen LogP contribution in [0.5, 0.6) is 0 Å². The molecule has 2 saturated carbocycles. The van der Waals surface area contributed by atoms with Gasteiger partial charge in [0.1, 0.15) is 5.78 Å². The van der Waals surface area contributed by atoms with Crippen molar-refractivity contribution in [1.29, 1.82) is 0 Å². The second-order valence-electron chi connectivity index (χ2n) is 4.17. The number of alkyl halides is 1. The summed E-state index contributed by atoms with van der Waals surface area (Å²) < 4.78 is 1.21. The molecule has 0 saturated heterocycles. The zero-order chi connectivity index (χ0) is 8.60. The number of fused-ring (bicyclic) bond motifs is 1. The van der Waals surface area contributed by atoms with Crippen molar-refractivity contribution >= 4 is 28.4 Å². The first kappa shape index (κ1) is 8.97. The summed E-state index contributed by atoms with van der Waals surface area (Å²) in [5.41, 5.74) is 0.200. The van der Waals surface area contributed by atoms with Gasteiger partial charge in [-0.05, 0) is 36.0 Å². The normalized spacial score (nSPS) is 39.4. The molecule has 0 spiro atoms. The Hall–Kier alpha value is 0.400. The minimum atomic E-state index is 0.200. The average Bonchev–Trinajstić information content (AvgIpc) is 2.39. The third-order valence-electron chi connectivity index (χ3n) is 3.70. The molecule has 0 bridgehead atoms. The Labute approximate surface area is 87.4 Å². The predicted octanol–water partition coefficient (Wildman–Crippen LogP) is 2.96. The number of carbonyl (C=O) groups is 1. The van der Waals surface area contributed by atoms with E-state index in [1.54, 1.807) is 0 Å². The summed E-state index contributed by atoms with van der Waals surface area (Å²) in [6, 6.07) is 0. The maximum atomic E-state index is 11.5. The highest BCUT2D eigenvalue weighted by atomic mass is 127. The van der Waals surface area contributed by atoms with E-state index in [2.05, 4.69) is 22.6 Å². The largest absolute Gasteiger partial charge is 0.299 e. The van der Waals surface area contributed by atoms with Gasteiger partial charge in [-0.3, -0.25) is 4.79 Å². The Balaban J connectivity index is 2.01. The lowest BCUT2D eigenvalue weighted by atomic mass is 9.59. The molecule has 0 N–H and O–H groups in total. The lowest BCUT2D eigenvalue weighted by Gasteiger charge is -2.43. The number of carbonyl (C=O) groups excluding carboxylic acids is 1. The Kier molecular flexibility index (Phi) is 2.45. The van der Waals surface area contributed by atoms with Crippen molar-refractivity contribution in [3.05, 3.63) is 0 Å². The number of Topliss-reactive ketones (excluding diaryl/α,β-unsaturated/α-hetero) is 1. The van der Waals surface area contributed by atoms with Crippen LogP contribution in [0.4, 0.5) is 0 Å². The predicted molar refractivity (Wildman–Crippen MR) is 57.5 cm³/mol. The number of rotatable bonds is 3. The molecule has 2 rings (SSSR count). The van der Waals surface area contributed by atoms with Gasteiger partial charge in [-0.2, -0.15) is 0 Å². The second kappa shape index (κ2) is 3.28. The Morgan fingerprint density at radius 3 is 3.00 bits per heavy atom. The molecule has 2 fully saturated rings. The molecule has 0 aromatic rings. The smallest absolute Gasteiger partial charge is 0.139 e. The highest BCUT2D eigenvalue weighted by Crippen LogP contribution is 2.57. The minimum Gasteiger partial charge on any atom is -0.299 e. The van der Waals surface area contributed by atoms with Gasteiger partial charge in [-0.1, -0.05) is 29.0 Å². The van der Waals surface area contributed by atoms with E-state index >= 15 is 0 Å².